The van der Waals surface area contributed by atoms with Crippen molar-refractivity contribution in [3.8, 4) is 11.8 Å². The number of carbonyl (C=O) groups excluding carboxylic acids is 1. The number of nitrogens with zero attached hydrogens (tertiary/aromatic N) is 2. The van der Waals surface area contributed by atoms with Crippen molar-refractivity contribution < 1.29 is 9.53 Å². The highest BCUT2D eigenvalue weighted by Crippen LogP contribution is 2.30. The van der Waals surface area contributed by atoms with Crippen molar-refractivity contribution in [1.82, 2.24) is 4.90 Å². The van der Waals surface area contributed by atoms with Crippen molar-refractivity contribution in [2.75, 3.05) is 20.2 Å². The molecule has 0 aliphatic rings. The van der Waals surface area contributed by atoms with Crippen molar-refractivity contribution in [3.63, 3.8) is 0 Å². The number of amides is 1. The predicted octanol–water partition coefficient (Wildman–Crippen LogP) is 2.73. The number of rotatable bonds is 5. The van der Waals surface area contributed by atoms with Gasteiger partial charge in [0.05, 0.1) is 12.5 Å². The van der Waals surface area contributed by atoms with Crippen LogP contribution in [0.25, 0.3) is 0 Å². The van der Waals surface area contributed by atoms with Gasteiger partial charge in [0.2, 0.25) is 0 Å². The zero-order valence-corrected chi connectivity index (χ0v) is 12.6. The third kappa shape index (κ3) is 4.58. The average molecular weight is 274 g/mol. The molecule has 0 heterocycles. The second-order valence-corrected chi connectivity index (χ2v) is 5.76. The number of nitriles is 1. The predicted molar refractivity (Wildman–Crippen MR) is 78.5 cm³/mol. The van der Waals surface area contributed by atoms with Crippen LogP contribution in [0.4, 0.5) is 0 Å². The molecule has 0 atom stereocenters. The van der Waals surface area contributed by atoms with Crippen LogP contribution in [0.1, 0.15) is 32.8 Å². The van der Waals surface area contributed by atoms with E-state index in [2.05, 4.69) is 20.8 Å². The highest BCUT2D eigenvalue weighted by atomic mass is 16.5. The van der Waals surface area contributed by atoms with Crippen LogP contribution in [0.5, 0.6) is 5.75 Å². The molecule has 0 spiro atoms. The van der Waals surface area contributed by atoms with E-state index in [9.17, 15) is 4.79 Å². The number of likely N-dealkylation sites (N-methyl/N-ethyl adjacent to an activating group) is 1. The molecule has 20 heavy (non-hydrogen) atoms. The largest absolute Gasteiger partial charge is 0.483 e. The summed E-state index contributed by atoms with van der Waals surface area (Å²) in [5, 5.41) is 8.51. The summed E-state index contributed by atoms with van der Waals surface area (Å²) in [5.74, 6) is 0.617. The molecule has 0 unspecified atom stereocenters. The minimum atomic E-state index is -0.121. The normalized spacial score (nSPS) is 10.8. The van der Waals surface area contributed by atoms with E-state index in [1.54, 1.807) is 7.05 Å². The summed E-state index contributed by atoms with van der Waals surface area (Å²) < 4.78 is 5.65. The maximum atomic E-state index is 11.9. The number of para-hydroxylation sites is 1. The Bertz CT molecular complexity index is 498. The summed E-state index contributed by atoms with van der Waals surface area (Å²) in [6.45, 7) is 6.75. The zero-order chi connectivity index (χ0) is 15.2. The first-order chi connectivity index (χ1) is 9.36. The fourth-order valence-corrected chi connectivity index (χ4v) is 1.80. The lowest BCUT2D eigenvalue weighted by Gasteiger charge is -2.23. The minimum absolute atomic E-state index is 0.00494. The van der Waals surface area contributed by atoms with E-state index in [4.69, 9.17) is 10.00 Å². The average Bonchev–Trinajstić information content (AvgIpc) is 2.41. The number of carbonyl (C=O) groups is 1. The van der Waals surface area contributed by atoms with Crippen LogP contribution < -0.4 is 4.74 Å². The second-order valence-electron chi connectivity index (χ2n) is 5.76. The molecule has 4 heteroatoms. The van der Waals surface area contributed by atoms with Crippen LogP contribution in [-0.4, -0.2) is 31.0 Å². The van der Waals surface area contributed by atoms with Gasteiger partial charge in [-0.3, -0.25) is 4.79 Å². The molecule has 0 aromatic heterocycles. The van der Waals surface area contributed by atoms with E-state index < -0.39 is 0 Å². The number of benzene rings is 1. The van der Waals surface area contributed by atoms with Gasteiger partial charge in [0.25, 0.3) is 5.91 Å². The van der Waals surface area contributed by atoms with Crippen LogP contribution in [0.15, 0.2) is 24.3 Å². The van der Waals surface area contributed by atoms with Gasteiger partial charge < -0.3 is 9.64 Å². The van der Waals surface area contributed by atoms with Gasteiger partial charge in [-0.1, -0.05) is 39.0 Å². The lowest BCUT2D eigenvalue weighted by Crippen LogP contribution is -2.32. The van der Waals surface area contributed by atoms with Crippen LogP contribution >= 0.6 is 0 Å². The summed E-state index contributed by atoms with van der Waals surface area (Å²) in [6, 6.07) is 9.78. The van der Waals surface area contributed by atoms with E-state index in [-0.39, 0.29) is 17.9 Å². The smallest absolute Gasteiger partial charge is 0.260 e. The SMILES string of the molecule is CN(CCC#N)C(=O)COc1ccccc1C(C)(C)C. The summed E-state index contributed by atoms with van der Waals surface area (Å²) in [4.78, 5) is 13.4. The number of hydrogen-bond acceptors (Lipinski definition) is 3. The summed E-state index contributed by atoms with van der Waals surface area (Å²) in [5.41, 5.74) is 1.04. The Labute approximate surface area is 121 Å². The molecule has 0 aliphatic heterocycles. The molecular formula is C16H22N2O2. The standard InChI is InChI=1S/C16H22N2O2/c1-16(2,3)13-8-5-6-9-14(13)20-12-15(19)18(4)11-7-10-17/h5-6,8-9H,7,11-12H2,1-4H3. The van der Waals surface area contributed by atoms with Crippen molar-refractivity contribution in [1.29, 1.82) is 5.26 Å². The van der Waals surface area contributed by atoms with E-state index in [0.29, 0.717) is 13.0 Å². The molecule has 1 rings (SSSR count). The zero-order valence-electron chi connectivity index (χ0n) is 12.6. The third-order valence-electron chi connectivity index (χ3n) is 3.03. The Morgan fingerprint density at radius 3 is 2.60 bits per heavy atom. The number of hydrogen-bond donors (Lipinski definition) is 0. The van der Waals surface area contributed by atoms with E-state index in [1.165, 1.54) is 4.90 Å². The molecule has 1 aromatic rings. The van der Waals surface area contributed by atoms with E-state index in [0.717, 1.165) is 11.3 Å². The second kappa shape index (κ2) is 6.95. The van der Waals surface area contributed by atoms with Gasteiger partial charge in [-0.05, 0) is 17.0 Å². The molecule has 4 nitrogen and oxygen atoms in total. The summed E-state index contributed by atoms with van der Waals surface area (Å²) >= 11 is 0. The highest BCUT2D eigenvalue weighted by Gasteiger charge is 2.19. The third-order valence-corrected chi connectivity index (χ3v) is 3.03. The first-order valence-corrected chi connectivity index (χ1v) is 6.69. The van der Waals surface area contributed by atoms with Gasteiger partial charge in [0.15, 0.2) is 6.61 Å². The molecule has 0 fully saturated rings. The Hall–Kier alpha value is -2.02. The lowest BCUT2D eigenvalue weighted by molar-refractivity contribution is -0.132. The molecule has 0 N–H and O–H groups in total. The van der Waals surface area contributed by atoms with Crippen molar-refractivity contribution in [2.24, 2.45) is 0 Å². The van der Waals surface area contributed by atoms with Gasteiger partial charge in [-0.25, -0.2) is 0 Å². The molecule has 0 saturated heterocycles. The molecule has 0 bridgehead atoms. The van der Waals surface area contributed by atoms with Gasteiger partial charge >= 0.3 is 0 Å². The molecule has 108 valence electrons. The van der Waals surface area contributed by atoms with E-state index >= 15 is 0 Å². The van der Waals surface area contributed by atoms with Crippen molar-refractivity contribution >= 4 is 5.91 Å². The summed E-state index contributed by atoms with van der Waals surface area (Å²) in [6.07, 6.45) is 0.334. The molecule has 0 aliphatic carbocycles. The fourth-order valence-electron chi connectivity index (χ4n) is 1.80. The first-order valence-electron chi connectivity index (χ1n) is 6.69. The first kappa shape index (κ1) is 16.0. The molecule has 0 radical (unpaired) electrons. The van der Waals surface area contributed by atoms with Gasteiger partial charge in [0.1, 0.15) is 5.75 Å². The molecule has 1 aromatic carbocycles. The van der Waals surface area contributed by atoms with Crippen LogP contribution in [0.2, 0.25) is 0 Å². The molecule has 0 saturated carbocycles. The molecular weight excluding hydrogens is 252 g/mol. The van der Waals surface area contributed by atoms with Crippen molar-refractivity contribution in [2.45, 2.75) is 32.6 Å². The van der Waals surface area contributed by atoms with Crippen LogP contribution in [0, 0.1) is 11.3 Å². The van der Waals surface area contributed by atoms with Crippen molar-refractivity contribution in [3.05, 3.63) is 29.8 Å². The topological polar surface area (TPSA) is 53.3 Å². The maximum Gasteiger partial charge on any atom is 0.260 e. The summed E-state index contributed by atoms with van der Waals surface area (Å²) in [7, 11) is 1.68. The maximum absolute atomic E-state index is 11.9. The van der Waals surface area contributed by atoms with Gasteiger partial charge in [0, 0.05) is 13.6 Å². The van der Waals surface area contributed by atoms with Gasteiger partial charge in [-0.15, -0.1) is 0 Å². The van der Waals surface area contributed by atoms with Gasteiger partial charge in [-0.2, -0.15) is 5.26 Å². The van der Waals surface area contributed by atoms with Crippen LogP contribution in [-0.2, 0) is 10.2 Å². The fraction of sp³-hybridized carbons (Fsp3) is 0.500. The van der Waals surface area contributed by atoms with E-state index in [1.807, 2.05) is 30.3 Å². The Kier molecular flexibility index (Phi) is 5.57. The molecule has 1 amide bonds. The Morgan fingerprint density at radius 2 is 2.00 bits per heavy atom. The number of ether oxygens (including phenoxy) is 1. The Balaban J connectivity index is 2.67. The van der Waals surface area contributed by atoms with Crippen LogP contribution in [0.3, 0.4) is 0 Å². The lowest BCUT2D eigenvalue weighted by atomic mass is 9.86. The highest BCUT2D eigenvalue weighted by molar-refractivity contribution is 5.77. The quantitative estimate of drug-likeness (QED) is 0.829. The monoisotopic (exact) mass is 274 g/mol. The Morgan fingerprint density at radius 1 is 1.35 bits per heavy atom. The minimum Gasteiger partial charge on any atom is -0.483 e.